The van der Waals surface area contributed by atoms with Crippen LogP contribution in [0.3, 0.4) is 0 Å². The number of carbonyl (C=O) groups is 1. The molecule has 0 bridgehead atoms. The minimum Gasteiger partial charge on any atom is -0.346 e. The van der Waals surface area contributed by atoms with Crippen LogP contribution in [-0.4, -0.2) is 53.4 Å². The summed E-state index contributed by atoms with van der Waals surface area (Å²) in [4.78, 5) is 15.0. The zero-order valence-electron chi connectivity index (χ0n) is 15.1. The molecule has 2 N–H and O–H groups in total. The lowest BCUT2D eigenvalue weighted by Crippen LogP contribution is -3.06. The van der Waals surface area contributed by atoms with Crippen LogP contribution >= 0.6 is 22.9 Å². The van der Waals surface area contributed by atoms with Gasteiger partial charge >= 0.3 is 0 Å². The van der Waals surface area contributed by atoms with Crippen LogP contribution < -0.4 is 10.2 Å². The molecule has 0 aliphatic heterocycles. The fourth-order valence-electron chi connectivity index (χ4n) is 2.42. The van der Waals surface area contributed by atoms with Crippen LogP contribution in [0.1, 0.15) is 21.3 Å². The average molecular weight is 417 g/mol. The molecule has 1 amide bonds. The Balaban J connectivity index is 2.22. The number of quaternary nitrogens is 1. The summed E-state index contributed by atoms with van der Waals surface area (Å²) in [6, 6.07) is 8.26. The van der Waals surface area contributed by atoms with Crippen molar-refractivity contribution in [1.82, 2.24) is 9.62 Å². The summed E-state index contributed by atoms with van der Waals surface area (Å²) in [6.07, 6.45) is 0. The van der Waals surface area contributed by atoms with Gasteiger partial charge in [-0.25, -0.2) is 12.7 Å². The van der Waals surface area contributed by atoms with Crippen molar-refractivity contribution in [1.29, 1.82) is 0 Å². The quantitative estimate of drug-likeness (QED) is 0.714. The number of amides is 1. The fraction of sp³-hybridized carbons (Fsp3) is 0.353. The highest BCUT2D eigenvalue weighted by Gasteiger charge is 2.23. The van der Waals surface area contributed by atoms with Crippen molar-refractivity contribution in [2.75, 3.05) is 34.7 Å². The van der Waals surface area contributed by atoms with Gasteiger partial charge in [0.2, 0.25) is 10.0 Å². The van der Waals surface area contributed by atoms with E-state index in [4.69, 9.17) is 11.6 Å². The van der Waals surface area contributed by atoms with Gasteiger partial charge in [-0.15, -0.1) is 11.3 Å². The highest BCUT2D eigenvalue weighted by molar-refractivity contribution is 7.89. The standard InChI is InChI=1S/C17H22ClN3O3S2/c1-20(2)15(16-6-5-9-25-16)11-19-17(22)13-10-12(7-8-14(13)18)26(23,24)21(3)4/h5-10,15H,11H2,1-4H3,(H,19,22)/p+1/t15-/m0/s1. The zero-order chi connectivity index (χ0) is 19.5. The highest BCUT2D eigenvalue weighted by atomic mass is 35.5. The van der Waals surface area contributed by atoms with Crippen LogP contribution in [-0.2, 0) is 10.0 Å². The van der Waals surface area contributed by atoms with E-state index in [-0.39, 0.29) is 21.5 Å². The number of carbonyl (C=O) groups excluding carboxylic acids is 1. The van der Waals surface area contributed by atoms with Gasteiger partial charge in [-0.1, -0.05) is 17.7 Å². The number of rotatable bonds is 7. The van der Waals surface area contributed by atoms with Crippen LogP contribution in [0.4, 0.5) is 0 Å². The molecule has 2 aromatic rings. The van der Waals surface area contributed by atoms with Crippen LogP contribution in [0, 0.1) is 0 Å². The Morgan fingerprint density at radius 2 is 2.00 bits per heavy atom. The molecule has 142 valence electrons. The molecule has 0 aliphatic carbocycles. The molecule has 0 aliphatic rings. The maximum Gasteiger partial charge on any atom is 0.253 e. The Morgan fingerprint density at radius 1 is 1.31 bits per heavy atom. The lowest BCUT2D eigenvalue weighted by Gasteiger charge is -2.21. The molecule has 0 unspecified atom stereocenters. The van der Waals surface area contributed by atoms with Gasteiger partial charge in [-0.05, 0) is 29.6 Å². The summed E-state index contributed by atoms with van der Waals surface area (Å²) in [6.45, 7) is 0.419. The van der Waals surface area contributed by atoms with E-state index in [1.807, 2.05) is 31.6 Å². The predicted molar refractivity (Wildman–Crippen MR) is 105 cm³/mol. The van der Waals surface area contributed by atoms with E-state index in [0.717, 1.165) is 4.31 Å². The topological polar surface area (TPSA) is 70.9 Å². The van der Waals surface area contributed by atoms with Gasteiger partial charge in [0, 0.05) is 14.1 Å². The van der Waals surface area contributed by atoms with Crippen molar-refractivity contribution in [2.45, 2.75) is 10.9 Å². The zero-order valence-corrected chi connectivity index (χ0v) is 17.5. The van der Waals surface area contributed by atoms with Crippen molar-refractivity contribution >= 4 is 38.9 Å². The molecule has 0 spiro atoms. The molecule has 0 saturated heterocycles. The number of hydrogen-bond donors (Lipinski definition) is 2. The van der Waals surface area contributed by atoms with Crippen molar-refractivity contribution in [2.24, 2.45) is 0 Å². The van der Waals surface area contributed by atoms with Gasteiger partial charge in [0.05, 0.1) is 41.0 Å². The predicted octanol–water partition coefficient (Wildman–Crippen LogP) is 1.27. The number of likely N-dealkylation sites (N-methyl/N-ethyl adjacent to an activating group) is 1. The first-order valence-corrected chi connectivity index (χ1v) is 10.7. The van der Waals surface area contributed by atoms with E-state index in [0.29, 0.717) is 6.54 Å². The van der Waals surface area contributed by atoms with Gasteiger partial charge in [0.1, 0.15) is 6.04 Å². The van der Waals surface area contributed by atoms with Crippen molar-refractivity contribution in [3.05, 3.63) is 51.2 Å². The smallest absolute Gasteiger partial charge is 0.253 e. The largest absolute Gasteiger partial charge is 0.346 e. The minimum atomic E-state index is -3.64. The first-order valence-electron chi connectivity index (χ1n) is 7.98. The molecule has 2 rings (SSSR count). The number of hydrogen-bond acceptors (Lipinski definition) is 4. The van der Waals surface area contributed by atoms with Gasteiger partial charge in [0.15, 0.2) is 0 Å². The summed E-state index contributed by atoms with van der Waals surface area (Å²) in [7, 11) is 3.28. The highest BCUT2D eigenvalue weighted by Crippen LogP contribution is 2.22. The lowest BCUT2D eigenvalue weighted by molar-refractivity contribution is -0.890. The Kier molecular flexibility index (Phi) is 6.81. The summed E-state index contributed by atoms with van der Waals surface area (Å²) in [5.74, 6) is -0.395. The molecule has 0 saturated carbocycles. The van der Waals surface area contributed by atoms with E-state index in [1.165, 1.54) is 42.1 Å². The monoisotopic (exact) mass is 416 g/mol. The first-order chi connectivity index (χ1) is 12.1. The molecular formula is C17H23ClN3O3S2+. The van der Waals surface area contributed by atoms with Crippen molar-refractivity contribution in [3.63, 3.8) is 0 Å². The summed E-state index contributed by atoms with van der Waals surface area (Å²) in [5, 5.41) is 5.08. The van der Waals surface area contributed by atoms with E-state index in [9.17, 15) is 13.2 Å². The number of nitrogens with zero attached hydrogens (tertiary/aromatic N) is 1. The minimum absolute atomic E-state index is 0.0325. The number of benzene rings is 1. The third kappa shape index (κ3) is 4.63. The van der Waals surface area contributed by atoms with E-state index >= 15 is 0 Å². The third-order valence-corrected chi connectivity index (χ3v) is 7.14. The van der Waals surface area contributed by atoms with Crippen LogP contribution in [0.25, 0.3) is 0 Å². The first kappa shape index (κ1) is 20.9. The Bertz CT molecular complexity index is 865. The molecule has 26 heavy (non-hydrogen) atoms. The molecule has 6 nitrogen and oxygen atoms in total. The van der Waals surface area contributed by atoms with E-state index in [1.54, 1.807) is 11.3 Å². The second-order valence-electron chi connectivity index (χ2n) is 6.28. The molecule has 1 aromatic carbocycles. The molecule has 0 fully saturated rings. The maximum absolute atomic E-state index is 12.6. The lowest BCUT2D eigenvalue weighted by atomic mass is 10.2. The average Bonchev–Trinajstić information content (AvgIpc) is 3.08. The summed E-state index contributed by atoms with van der Waals surface area (Å²) < 4.78 is 25.7. The summed E-state index contributed by atoms with van der Waals surface area (Å²) in [5.41, 5.74) is 0.147. The Labute approximate surface area is 163 Å². The molecule has 1 heterocycles. The Hall–Kier alpha value is -1.45. The Morgan fingerprint density at radius 3 is 2.54 bits per heavy atom. The van der Waals surface area contributed by atoms with Crippen molar-refractivity contribution in [3.8, 4) is 0 Å². The number of sulfonamides is 1. The second-order valence-corrected chi connectivity index (χ2v) is 9.82. The number of thiophene rings is 1. The molecule has 9 heteroatoms. The van der Waals surface area contributed by atoms with Crippen LogP contribution in [0.15, 0.2) is 40.6 Å². The van der Waals surface area contributed by atoms with E-state index in [2.05, 4.69) is 5.32 Å². The van der Waals surface area contributed by atoms with Gasteiger partial charge in [-0.3, -0.25) is 4.79 Å². The van der Waals surface area contributed by atoms with Gasteiger partial charge in [0.25, 0.3) is 5.91 Å². The second kappa shape index (κ2) is 8.49. The van der Waals surface area contributed by atoms with Crippen LogP contribution in [0.5, 0.6) is 0 Å². The van der Waals surface area contributed by atoms with Crippen molar-refractivity contribution < 1.29 is 18.1 Å². The third-order valence-electron chi connectivity index (χ3n) is 4.01. The molecule has 0 radical (unpaired) electrons. The fourth-order valence-corrected chi connectivity index (χ4v) is 4.50. The van der Waals surface area contributed by atoms with Crippen LogP contribution in [0.2, 0.25) is 5.02 Å². The number of halogens is 1. The molecular weight excluding hydrogens is 394 g/mol. The summed E-state index contributed by atoms with van der Waals surface area (Å²) >= 11 is 7.76. The maximum atomic E-state index is 12.6. The van der Waals surface area contributed by atoms with E-state index < -0.39 is 15.9 Å². The normalized spacial score (nSPS) is 13.2. The molecule has 1 atom stereocenters. The SMILES string of the molecule is CN(C)S(=O)(=O)c1ccc(Cl)c(C(=O)NC[C@@H](c2cccs2)[NH+](C)C)c1. The molecule has 1 aromatic heterocycles. The number of nitrogens with one attached hydrogen (secondary N) is 2. The van der Waals surface area contributed by atoms with Gasteiger partial charge < -0.3 is 10.2 Å². The van der Waals surface area contributed by atoms with Gasteiger partial charge in [-0.2, -0.15) is 0 Å².